The maximum absolute atomic E-state index is 12.0. The second-order valence-corrected chi connectivity index (χ2v) is 7.81. The lowest BCUT2D eigenvalue weighted by Crippen LogP contribution is -2.26. The largest absolute Gasteiger partial charge is 0.312 e. The molecule has 0 unspecified atom stereocenters. The molecule has 0 aliphatic rings. The van der Waals surface area contributed by atoms with Gasteiger partial charge in [0.1, 0.15) is 4.21 Å². The smallest absolute Gasteiger partial charge is 0.250 e. The summed E-state index contributed by atoms with van der Waals surface area (Å²) in [5.41, 5.74) is 0. The molecule has 6 heteroatoms. The Labute approximate surface area is 114 Å². The summed E-state index contributed by atoms with van der Waals surface area (Å²) in [6, 6.07) is 3.55. The Bertz CT molecular complexity index is 452. The lowest BCUT2D eigenvalue weighted by atomic mass is 10.2. The maximum Gasteiger partial charge on any atom is 0.250 e. The third-order valence-corrected chi connectivity index (χ3v) is 5.31. The van der Waals surface area contributed by atoms with E-state index >= 15 is 0 Å². The number of nitrogens with one attached hydrogen (secondary N) is 2. The van der Waals surface area contributed by atoms with Crippen LogP contribution in [0.3, 0.4) is 0 Å². The standard InChI is InChI=1S/C12H22N2O2S2/c1-4-7-13-9-11-5-6-12(17-11)18(15,16)14-8-10(2)3/h5-6,10,13-14H,4,7-9H2,1-3H3. The Morgan fingerprint density at radius 1 is 1.33 bits per heavy atom. The fraction of sp³-hybridized carbons (Fsp3) is 0.667. The van der Waals surface area contributed by atoms with Crippen LogP contribution < -0.4 is 10.0 Å². The molecule has 1 rings (SSSR count). The minimum absolute atomic E-state index is 0.311. The van der Waals surface area contributed by atoms with Crippen molar-refractivity contribution in [3.05, 3.63) is 17.0 Å². The highest BCUT2D eigenvalue weighted by Gasteiger charge is 2.16. The average molecular weight is 290 g/mol. The highest BCUT2D eigenvalue weighted by Crippen LogP contribution is 2.21. The van der Waals surface area contributed by atoms with E-state index < -0.39 is 10.0 Å². The molecule has 0 aliphatic carbocycles. The van der Waals surface area contributed by atoms with Crippen molar-refractivity contribution in [2.45, 2.75) is 37.9 Å². The van der Waals surface area contributed by atoms with E-state index in [-0.39, 0.29) is 0 Å². The molecule has 0 aliphatic heterocycles. The predicted molar refractivity (Wildman–Crippen MR) is 76.3 cm³/mol. The normalized spacial score (nSPS) is 12.2. The third-order valence-electron chi connectivity index (χ3n) is 2.31. The second-order valence-electron chi connectivity index (χ2n) is 4.64. The summed E-state index contributed by atoms with van der Waals surface area (Å²) in [5, 5.41) is 3.26. The van der Waals surface area contributed by atoms with Crippen LogP contribution in [0.5, 0.6) is 0 Å². The van der Waals surface area contributed by atoms with Crippen LogP contribution >= 0.6 is 11.3 Å². The first-order chi connectivity index (χ1) is 8.45. The first-order valence-corrected chi connectivity index (χ1v) is 8.54. The van der Waals surface area contributed by atoms with Crippen molar-refractivity contribution >= 4 is 21.4 Å². The van der Waals surface area contributed by atoms with Crippen molar-refractivity contribution in [2.75, 3.05) is 13.1 Å². The molecule has 0 fully saturated rings. The van der Waals surface area contributed by atoms with E-state index in [2.05, 4.69) is 17.0 Å². The summed E-state index contributed by atoms with van der Waals surface area (Å²) in [5.74, 6) is 0.311. The fourth-order valence-corrected chi connectivity index (χ4v) is 3.92. The van der Waals surface area contributed by atoms with Crippen molar-refractivity contribution in [3.63, 3.8) is 0 Å². The molecule has 0 aromatic carbocycles. The number of rotatable bonds is 8. The lowest BCUT2D eigenvalue weighted by Gasteiger charge is -2.06. The average Bonchev–Trinajstić information content (AvgIpc) is 2.76. The van der Waals surface area contributed by atoms with Crippen LogP contribution in [0, 0.1) is 5.92 Å². The zero-order valence-electron chi connectivity index (χ0n) is 11.2. The van der Waals surface area contributed by atoms with Crippen molar-refractivity contribution in [1.82, 2.24) is 10.0 Å². The van der Waals surface area contributed by atoms with Gasteiger partial charge in [-0.1, -0.05) is 20.8 Å². The molecule has 0 radical (unpaired) electrons. The molecule has 1 aromatic heterocycles. The Balaban J connectivity index is 2.60. The molecule has 0 saturated heterocycles. The first kappa shape index (κ1) is 15.6. The van der Waals surface area contributed by atoms with Crippen LogP contribution in [0.25, 0.3) is 0 Å². The van der Waals surface area contributed by atoms with Gasteiger partial charge in [-0.3, -0.25) is 0 Å². The van der Waals surface area contributed by atoms with E-state index in [0.717, 1.165) is 24.4 Å². The number of hydrogen-bond donors (Lipinski definition) is 2. The molecule has 0 spiro atoms. The van der Waals surface area contributed by atoms with Gasteiger partial charge < -0.3 is 5.32 Å². The summed E-state index contributed by atoms with van der Waals surface area (Å²) >= 11 is 1.33. The van der Waals surface area contributed by atoms with Crippen LogP contribution in [-0.4, -0.2) is 21.5 Å². The van der Waals surface area contributed by atoms with Crippen molar-refractivity contribution in [2.24, 2.45) is 5.92 Å². The Kier molecular flexibility index (Phi) is 6.28. The molecule has 0 amide bonds. The SMILES string of the molecule is CCCNCc1ccc(S(=O)(=O)NCC(C)C)s1. The van der Waals surface area contributed by atoms with Crippen LogP contribution in [0.1, 0.15) is 32.1 Å². The van der Waals surface area contributed by atoms with E-state index in [9.17, 15) is 8.42 Å². The Morgan fingerprint density at radius 3 is 2.67 bits per heavy atom. The molecular weight excluding hydrogens is 268 g/mol. The van der Waals surface area contributed by atoms with E-state index in [4.69, 9.17) is 0 Å². The summed E-state index contributed by atoms with van der Waals surface area (Å²) in [4.78, 5) is 1.05. The Hall–Kier alpha value is -0.430. The zero-order chi connectivity index (χ0) is 13.6. The predicted octanol–water partition coefficient (Wildman–Crippen LogP) is 2.18. The monoisotopic (exact) mass is 290 g/mol. The van der Waals surface area contributed by atoms with E-state index in [1.54, 1.807) is 6.07 Å². The summed E-state index contributed by atoms with van der Waals surface area (Å²) in [6.45, 7) is 8.23. The van der Waals surface area contributed by atoms with Gasteiger partial charge in [-0.2, -0.15) is 0 Å². The van der Waals surface area contributed by atoms with E-state index in [0.29, 0.717) is 16.7 Å². The second kappa shape index (κ2) is 7.23. The van der Waals surface area contributed by atoms with Gasteiger partial charge in [0, 0.05) is 18.0 Å². The van der Waals surface area contributed by atoms with Gasteiger partial charge in [0.25, 0.3) is 0 Å². The molecule has 1 heterocycles. The van der Waals surface area contributed by atoms with Crippen molar-refractivity contribution in [1.29, 1.82) is 0 Å². The van der Waals surface area contributed by atoms with Gasteiger partial charge in [0.05, 0.1) is 0 Å². The zero-order valence-corrected chi connectivity index (χ0v) is 12.8. The van der Waals surface area contributed by atoms with Crippen LogP contribution in [-0.2, 0) is 16.6 Å². The minimum Gasteiger partial charge on any atom is -0.312 e. The molecule has 2 N–H and O–H groups in total. The Morgan fingerprint density at radius 2 is 2.06 bits per heavy atom. The maximum atomic E-state index is 12.0. The molecule has 4 nitrogen and oxygen atoms in total. The molecule has 0 bridgehead atoms. The van der Waals surface area contributed by atoms with Gasteiger partial charge in [-0.15, -0.1) is 11.3 Å². The van der Waals surface area contributed by atoms with Crippen molar-refractivity contribution in [3.8, 4) is 0 Å². The van der Waals surface area contributed by atoms with Gasteiger partial charge in [-0.25, -0.2) is 13.1 Å². The van der Waals surface area contributed by atoms with Crippen LogP contribution in [0.4, 0.5) is 0 Å². The van der Waals surface area contributed by atoms with Crippen LogP contribution in [0.2, 0.25) is 0 Å². The van der Waals surface area contributed by atoms with E-state index in [1.165, 1.54) is 11.3 Å². The fourth-order valence-electron chi connectivity index (χ4n) is 1.33. The molecular formula is C12H22N2O2S2. The number of sulfonamides is 1. The number of thiophene rings is 1. The quantitative estimate of drug-likeness (QED) is 0.722. The number of hydrogen-bond acceptors (Lipinski definition) is 4. The molecule has 18 heavy (non-hydrogen) atoms. The van der Waals surface area contributed by atoms with Gasteiger partial charge in [0.15, 0.2) is 0 Å². The van der Waals surface area contributed by atoms with Gasteiger partial charge in [-0.05, 0) is 31.0 Å². The highest BCUT2D eigenvalue weighted by atomic mass is 32.2. The third kappa shape index (κ3) is 5.06. The highest BCUT2D eigenvalue weighted by molar-refractivity contribution is 7.91. The molecule has 0 atom stereocenters. The van der Waals surface area contributed by atoms with Crippen molar-refractivity contribution < 1.29 is 8.42 Å². The minimum atomic E-state index is -3.32. The lowest BCUT2D eigenvalue weighted by molar-refractivity contribution is 0.562. The van der Waals surface area contributed by atoms with Crippen LogP contribution in [0.15, 0.2) is 16.3 Å². The molecule has 0 saturated carbocycles. The van der Waals surface area contributed by atoms with Gasteiger partial charge in [0.2, 0.25) is 10.0 Å². The van der Waals surface area contributed by atoms with Gasteiger partial charge >= 0.3 is 0 Å². The van der Waals surface area contributed by atoms with E-state index in [1.807, 2.05) is 19.9 Å². The molecule has 1 aromatic rings. The first-order valence-electron chi connectivity index (χ1n) is 6.24. The topological polar surface area (TPSA) is 58.2 Å². The summed E-state index contributed by atoms with van der Waals surface area (Å²) in [6.07, 6.45) is 1.08. The summed E-state index contributed by atoms with van der Waals surface area (Å²) < 4.78 is 26.9. The molecule has 104 valence electrons. The summed E-state index contributed by atoms with van der Waals surface area (Å²) in [7, 11) is -3.32.